The predicted molar refractivity (Wildman–Crippen MR) is 60.2 cm³/mol. The SMILES string of the molecule is CC1(N)CCCCN1c1ccccc1. The minimum Gasteiger partial charge on any atom is -0.354 e. The maximum Gasteiger partial charge on any atom is 0.0854 e. The van der Waals surface area contributed by atoms with Crippen LogP contribution in [-0.4, -0.2) is 12.2 Å². The number of para-hydroxylation sites is 1. The molecule has 1 heterocycles. The van der Waals surface area contributed by atoms with Gasteiger partial charge in [0.15, 0.2) is 0 Å². The highest BCUT2D eigenvalue weighted by Crippen LogP contribution is 2.28. The molecule has 0 amide bonds. The van der Waals surface area contributed by atoms with Crippen LogP contribution in [0.3, 0.4) is 0 Å². The monoisotopic (exact) mass is 190 g/mol. The van der Waals surface area contributed by atoms with Gasteiger partial charge in [-0.2, -0.15) is 0 Å². The molecule has 76 valence electrons. The van der Waals surface area contributed by atoms with Crippen LogP contribution in [0.15, 0.2) is 30.3 Å². The van der Waals surface area contributed by atoms with Crippen molar-refractivity contribution in [2.75, 3.05) is 11.4 Å². The number of hydrogen-bond acceptors (Lipinski definition) is 2. The quantitative estimate of drug-likeness (QED) is 0.736. The number of anilines is 1. The Labute approximate surface area is 85.7 Å². The molecule has 0 bridgehead atoms. The Balaban J connectivity index is 2.24. The maximum atomic E-state index is 6.28. The number of nitrogens with zero attached hydrogens (tertiary/aromatic N) is 1. The highest BCUT2D eigenvalue weighted by molar-refractivity contribution is 5.48. The zero-order chi connectivity index (χ0) is 10.0. The van der Waals surface area contributed by atoms with Crippen LogP contribution in [0.4, 0.5) is 5.69 Å². The lowest BCUT2D eigenvalue weighted by Crippen LogP contribution is -2.56. The van der Waals surface area contributed by atoms with Crippen molar-refractivity contribution in [1.82, 2.24) is 0 Å². The number of benzene rings is 1. The van der Waals surface area contributed by atoms with Gasteiger partial charge in [-0.3, -0.25) is 0 Å². The summed E-state index contributed by atoms with van der Waals surface area (Å²) in [6, 6.07) is 10.5. The van der Waals surface area contributed by atoms with Crippen LogP contribution in [0, 0.1) is 0 Å². The summed E-state index contributed by atoms with van der Waals surface area (Å²) in [6.45, 7) is 3.20. The van der Waals surface area contributed by atoms with Gasteiger partial charge in [0.1, 0.15) is 0 Å². The Kier molecular flexibility index (Phi) is 2.46. The summed E-state index contributed by atoms with van der Waals surface area (Å²) in [5.74, 6) is 0. The molecule has 1 fully saturated rings. The molecule has 1 aromatic rings. The molecule has 0 spiro atoms. The highest BCUT2D eigenvalue weighted by atomic mass is 15.3. The van der Waals surface area contributed by atoms with Crippen LogP contribution in [-0.2, 0) is 0 Å². The molecule has 0 aromatic heterocycles. The van der Waals surface area contributed by atoms with E-state index in [9.17, 15) is 0 Å². The van der Waals surface area contributed by atoms with Gasteiger partial charge < -0.3 is 10.6 Å². The fourth-order valence-corrected chi connectivity index (χ4v) is 2.18. The molecule has 1 aliphatic heterocycles. The van der Waals surface area contributed by atoms with E-state index in [4.69, 9.17) is 5.73 Å². The smallest absolute Gasteiger partial charge is 0.0854 e. The van der Waals surface area contributed by atoms with E-state index < -0.39 is 0 Å². The minimum atomic E-state index is -0.167. The van der Waals surface area contributed by atoms with E-state index in [1.165, 1.54) is 18.5 Å². The van der Waals surface area contributed by atoms with Gasteiger partial charge in [0.2, 0.25) is 0 Å². The molecule has 14 heavy (non-hydrogen) atoms. The van der Waals surface area contributed by atoms with Crippen LogP contribution in [0.5, 0.6) is 0 Å². The van der Waals surface area contributed by atoms with Crippen LogP contribution in [0.1, 0.15) is 26.2 Å². The molecule has 1 saturated heterocycles. The van der Waals surface area contributed by atoms with E-state index in [-0.39, 0.29) is 5.66 Å². The number of hydrogen-bond donors (Lipinski definition) is 1. The van der Waals surface area contributed by atoms with E-state index in [2.05, 4.69) is 36.1 Å². The van der Waals surface area contributed by atoms with Crippen LogP contribution >= 0.6 is 0 Å². The van der Waals surface area contributed by atoms with Gasteiger partial charge >= 0.3 is 0 Å². The van der Waals surface area contributed by atoms with Crippen LogP contribution in [0.25, 0.3) is 0 Å². The van der Waals surface area contributed by atoms with Crippen LogP contribution in [0.2, 0.25) is 0 Å². The second-order valence-electron chi connectivity index (χ2n) is 4.30. The van der Waals surface area contributed by atoms with Crippen molar-refractivity contribution < 1.29 is 0 Å². The second kappa shape index (κ2) is 3.62. The van der Waals surface area contributed by atoms with E-state index in [0.29, 0.717) is 0 Å². The minimum absolute atomic E-state index is 0.167. The molecular weight excluding hydrogens is 172 g/mol. The molecule has 1 aliphatic rings. The predicted octanol–water partition coefficient (Wildman–Crippen LogP) is 2.35. The lowest BCUT2D eigenvalue weighted by Gasteiger charge is -2.43. The largest absolute Gasteiger partial charge is 0.354 e. The second-order valence-corrected chi connectivity index (χ2v) is 4.30. The molecule has 0 saturated carbocycles. The summed E-state index contributed by atoms with van der Waals surface area (Å²) in [4.78, 5) is 2.32. The third-order valence-electron chi connectivity index (χ3n) is 3.00. The van der Waals surface area contributed by atoms with Crippen molar-refractivity contribution in [2.45, 2.75) is 31.8 Å². The van der Waals surface area contributed by atoms with Crippen molar-refractivity contribution in [3.05, 3.63) is 30.3 Å². The molecule has 0 radical (unpaired) electrons. The van der Waals surface area contributed by atoms with Crippen molar-refractivity contribution >= 4 is 5.69 Å². The van der Waals surface area contributed by atoms with Gasteiger partial charge in [0.25, 0.3) is 0 Å². The van der Waals surface area contributed by atoms with E-state index in [0.717, 1.165) is 13.0 Å². The molecule has 1 atom stereocenters. The number of rotatable bonds is 1. The topological polar surface area (TPSA) is 29.3 Å². The molecule has 0 aliphatic carbocycles. The first kappa shape index (κ1) is 9.53. The van der Waals surface area contributed by atoms with Gasteiger partial charge in [-0.25, -0.2) is 0 Å². The van der Waals surface area contributed by atoms with Crippen molar-refractivity contribution in [3.8, 4) is 0 Å². The molecule has 1 unspecified atom stereocenters. The summed E-state index contributed by atoms with van der Waals surface area (Å²) in [6.07, 6.45) is 3.58. The Morgan fingerprint density at radius 3 is 2.57 bits per heavy atom. The van der Waals surface area contributed by atoms with Gasteiger partial charge in [0, 0.05) is 12.2 Å². The Bertz CT molecular complexity index is 292. The Morgan fingerprint density at radius 1 is 1.21 bits per heavy atom. The average molecular weight is 190 g/mol. The fourth-order valence-electron chi connectivity index (χ4n) is 2.18. The summed E-state index contributed by atoms with van der Waals surface area (Å²) >= 11 is 0. The van der Waals surface area contributed by atoms with Gasteiger partial charge in [0.05, 0.1) is 5.66 Å². The summed E-state index contributed by atoms with van der Waals surface area (Å²) in [5.41, 5.74) is 7.36. The molecule has 2 rings (SSSR count). The maximum absolute atomic E-state index is 6.28. The van der Waals surface area contributed by atoms with Gasteiger partial charge in [-0.05, 0) is 38.3 Å². The fraction of sp³-hybridized carbons (Fsp3) is 0.500. The van der Waals surface area contributed by atoms with Crippen molar-refractivity contribution in [3.63, 3.8) is 0 Å². The normalized spacial score (nSPS) is 27.7. The van der Waals surface area contributed by atoms with Crippen molar-refractivity contribution in [2.24, 2.45) is 5.73 Å². The number of nitrogens with two attached hydrogens (primary N) is 1. The van der Waals surface area contributed by atoms with E-state index >= 15 is 0 Å². The molecule has 1 aromatic carbocycles. The zero-order valence-electron chi connectivity index (χ0n) is 8.74. The summed E-state index contributed by atoms with van der Waals surface area (Å²) in [5, 5.41) is 0. The first-order chi connectivity index (χ1) is 6.70. The third-order valence-corrected chi connectivity index (χ3v) is 3.00. The standard InChI is InChI=1S/C12H18N2/c1-12(13)9-5-6-10-14(12)11-7-3-2-4-8-11/h2-4,7-8H,5-6,9-10,13H2,1H3. The van der Waals surface area contributed by atoms with Gasteiger partial charge in [-0.1, -0.05) is 18.2 Å². The Hall–Kier alpha value is -1.02. The third kappa shape index (κ3) is 1.75. The molecule has 2 heteroatoms. The van der Waals surface area contributed by atoms with E-state index in [1.54, 1.807) is 0 Å². The van der Waals surface area contributed by atoms with Gasteiger partial charge in [-0.15, -0.1) is 0 Å². The molecular formula is C12H18N2. The summed E-state index contributed by atoms with van der Waals surface area (Å²) in [7, 11) is 0. The number of piperidine rings is 1. The van der Waals surface area contributed by atoms with Crippen molar-refractivity contribution in [1.29, 1.82) is 0 Å². The molecule has 2 N–H and O–H groups in total. The summed E-state index contributed by atoms with van der Waals surface area (Å²) < 4.78 is 0. The average Bonchev–Trinajstić information content (AvgIpc) is 2.18. The highest BCUT2D eigenvalue weighted by Gasteiger charge is 2.29. The Morgan fingerprint density at radius 2 is 1.93 bits per heavy atom. The first-order valence-electron chi connectivity index (χ1n) is 5.32. The van der Waals surface area contributed by atoms with E-state index in [1.807, 2.05) is 6.07 Å². The lowest BCUT2D eigenvalue weighted by molar-refractivity contribution is 0.344. The molecule has 2 nitrogen and oxygen atoms in total. The first-order valence-corrected chi connectivity index (χ1v) is 5.32. The zero-order valence-corrected chi connectivity index (χ0v) is 8.74. The lowest BCUT2D eigenvalue weighted by atomic mass is 9.97. The van der Waals surface area contributed by atoms with Crippen LogP contribution < -0.4 is 10.6 Å².